The van der Waals surface area contributed by atoms with Gasteiger partial charge in [0.05, 0.1) is 18.3 Å². The minimum Gasteiger partial charge on any atom is -0.494 e. The quantitative estimate of drug-likeness (QED) is 0.363. The van der Waals surface area contributed by atoms with Gasteiger partial charge in [-0.1, -0.05) is 18.2 Å². The highest BCUT2D eigenvalue weighted by Crippen LogP contribution is 2.41. The van der Waals surface area contributed by atoms with E-state index in [1.165, 1.54) is 23.7 Å². The first-order chi connectivity index (χ1) is 20.4. The van der Waals surface area contributed by atoms with E-state index >= 15 is 0 Å². The number of amides is 2. The number of carbonyl (C=O) groups excluding carboxylic acids is 2. The lowest BCUT2D eigenvalue weighted by molar-refractivity contribution is -0.126. The highest BCUT2D eigenvalue weighted by Gasteiger charge is 2.47. The zero-order chi connectivity index (χ0) is 28.7. The molecule has 4 fully saturated rings. The molecule has 0 spiro atoms. The molecule has 2 aliphatic carbocycles. The maximum Gasteiger partial charge on any atom is 0.254 e. The number of hydrogen-bond donors (Lipinski definition) is 1. The Kier molecular flexibility index (Phi) is 5.90. The number of nitrogens with zero attached hydrogens (tertiary/aromatic N) is 5. The molecule has 2 bridgehead atoms. The van der Waals surface area contributed by atoms with Gasteiger partial charge in [-0.2, -0.15) is 0 Å². The molecular formula is C33H38N6O3. The van der Waals surface area contributed by atoms with Gasteiger partial charge in [-0.25, -0.2) is 4.98 Å². The molecule has 9 heteroatoms. The first-order valence-electron chi connectivity index (χ1n) is 15.4. The van der Waals surface area contributed by atoms with E-state index in [2.05, 4.69) is 39.5 Å². The summed E-state index contributed by atoms with van der Waals surface area (Å²) < 4.78 is 10.6. The average Bonchev–Trinajstić information content (AvgIpc) is 3.19. The molecule has 42 heavy (non-hydrogen) atoms. The fourth-order valence-corrected chi connectivity index (χ4v) is 7.82. The number of benzene rings is 2. The average molecular weight is 567 g/mol. The van der Waals surface area contributed by atoms with Gasteiger partial charge in [-0.3, -0.25) is 9.59 Å². The van der Waals surface area contributed by atoms with E-state index in [4.69, 9.17) is 15.5 Å². The van der Waals surface area contributed by atoms with Crippen molar-refractivity contribution in [1.29, 1.82) is 0 Å². The second-order valence-corrected chi connectivity index (χ2v) is 13.0. The van der Waals surface area contributed by atoms with Crippen molar-refractivity contribution in [3.05, 3.63) is 48.0 Å². The van der Waals surface area contributed by atoms with E-state index in [0.29, 0.717) is 42.7 Å². The van der Waals surface area contributed by atoms with E-state index in [1.54, 1.807) is 7.11 Å². The summed E-state index contributed by atoms with van der Waals surface area (Å²) in [4.78, 5) is 35.4. The Balaban J connectivity index is 1.29. The van der Waals surface area contributed by atoms with Crippen LogP contribution in [0, 0.1) is 17.8 Å². The van der Waals surface area contributed by atoms with Crippen molar-refractivity contribution >= 4 is 33.8 Å². The molecule has 9 nitrogen and oxygen atoms in total. The minimum atomic E-state index is -0.000175. The number of nitrogens with two attached hydrogens (primary N) is 1. The van der Waals surface area contributed by atoms with Crippen LogP contribution in [-0.4, -0.2) is 75.1 Å². The summed E-state index contributed by atoms with van der Waals surface area (Å²) in [6.07, 6.45) is 5.08. The van der Waals surface area contributed by atoms with Crippen LogP contribution in [0.25, 0.3) is 33.5 Å². The van der Waals surface area contributed by atoms with Crippen LogP contribution in [0.1, 0.15) is 42.5 Å². The first kappa shape index (κ1) is 25.8. The van der Waals surface area contributed by atoms with Crippen molar-refractivity contribution in [3.8, 4) is 17.3 Å². The van der Waals surface area contributed by atoms with Crippen molar-refractivity contribution in [1.82, 2.24) is 23.9 Å². The Labute approximate surface area is 245 Å². The molecule has 2 aliphatic heterocycles. The van der Waals surface area contributed by atoms with Crippen LogP contribution >= 0.6 is 0 Å². The number of para-hydroxylation sites is 1. The lowest BCUT2D eigenvalue weighted by atomic mass is 10.1. The van der Waals surface area contributed by atoms with Crippen LogP contribution in [-0.2, 0) is 17.9 Å². The number of methoxy groups -OCH3 is 1. The molecule has 2 aromatic heterocycles. The zero-order valence-electron chi connectivity index (χ0n) is 24.3. The van der Waals surface area contributed by atoms with Gasteiger partial charge < -0.3 is 29.4 Å². The molecule has 8 rings (SSSR count). The molecule has 218 valence electrons. The van der Waals surface area contributed by atoms with Crippen LogP contribution in [0.5, 0.6) is 5.75 Å². The maximum absolute atomic E-state index is 13.8. The van der Waals surface area contributed by atoms with Crippen LogP contribution in [0.15, 0.2) is 42.5 Å². The topological polar surface area (TPSA) is 98.6 Å². The van der Waals surface area contributed by atoms with Crippen LogP contribution in [0.3, 0.4) is 0 Å². The summed E-state index contributed by atoms with van der Waals surface area (Å²) in [7, 11) is 3.53. The van der Waals surface area contributed by atoms with E-state index < -0.39 is 0 Å². The number of hydrogen-bond acceptors (Lipinski definition) is 5. The molecular weight excluding hydrogens is 528 g/mol. The first-order valence-corrected chi connectivity index (χ1v) is 15.4. The SMILES string of the molecule is COc1cc(C(=O)N2CC3CCC2C3N)cc2nc(-c3cc4ccccc4n3CC3CC3)n(CC3CC(=O)N(C)C3)c12. The second-order valence-electron chi connectivity index (χ2n) is 13.0. The summed E-state index contributed by atoms with van der Waals surface area (Å²) in [5.74, 6) is 2.88. The molecule has 4 aliphatic rings. The van der Waals surface area contributed by atoms with Crippen LogP contribution in [0.2, 0.25) is 0 Å². The van der Waals surface area contributed by atoms with Gasteiger partial charge in [0.15, 0.2) is 5.82 Å². The smallest absolute Gasteiger partial charge is 0.254 e. The standard InChI is InChI=1S/C33H38N6O3/c1-36-15-20(11-29(36)40)17-39-31-24(12-23(14-28(31)42-2)33(41)38-18-22-9-10-26(38)30(22)34)35-32(39)27-13-21-5-3-4-6-25(21)37(27)16-19-7-8-19/h3-6,12-14,19-20,22,26,30H,7-11,15-18,34H2,1-2H3. The third-order valence-corrected chi connectivity index (χ3v) is 10.2. The minimum absolute atomic E-state index is 0.000175. The van der Waals surface area contributed by atoms with Crippen molar-refractivity contribution < 1.29 is 14.3 Å². The molecule has 2 saturated heterocycles. The highest BCUT2D eigenvalue weighted by atomic mass is 16.5. The van der Waals surface area contributed by atoms with Crippen molar-refractivity contribution in [2.45, 2.75) is 57.3 Å². The predicted molar refractivity (Wildman–Crippen MR) is 161 cm³/mol. The fraction of sp³-hybridized carbons (Fsp3) is 0.485. The van der Waals surface area contributed by atoms with Gasteiger partial charge in [0, 0.05) is 74.1 Å². The number of imidazole rings is 1. The number of piperidine rings is 1. The van der Waals surface area contributed by atoms with Gasteiger partial charge in [-0.05, 0) is 61.8 Å². The largest absolute Gasteiger partial charge is 0.494 e. The summed E-state index contributed by atoms with van der Waals surface area (Å²) in [5, 5.41) is 1.19. The van der Waals surface area contributed by atoms with E-state index in [9.17, 15) is 9.59 Å². The third kappa shape index (κ3) is 4.04. The van der Waals surface area contributed by atoms with E-state index in [-0.39, 0.29) is 29.8 Å². The van der Waals surface area contributed by atoms with Gasteiger partial charge in [0.2, 0.25) is 5.91 Å². The van der Waals surface area contributed by atoms with Crippen molar-refractivity contribution in [3.63, 3.8) is 0 Å². The molecule has 2 N–H and O–H groups in total. The Bertz CT molecular complexity index is 1730. The Morgan fingerprint density at radius 3 is 2.52 bits per heavy atom. The Morgan fingerprint density at radius 2 is 1.83 bits per heavy atom. The van der Waals surface area contributed by atoms with Crippen LogP contribution < -0.4 is 10.5 Å². The number of likely N-dealkylation sites (tertiary alicyclic amines) is 2. The van der Waals surface area contributed by atoms with E-state index in [1.807, 2.05) is 29.0 Å². The summed E-state index contributed by atoms with van der Waals surface area (Å²) >= 11 is 0. The fourth-order valence-electron chi connectivity index (χ4n) is 7.82. The molecule has 0 radical (unpaired) electrons. The van der Waals surface area contributed by atoms with Crippen molar-refractivity contribution in [2.24, 2.45) is 23.5 Å². The van der Waals surface area contributed by atoms with E-state index in [0.717, 1.165) is 48.5 Å². The second kappa shape index (κ2) is 9.59. The van der Waals surface area contributed by atoms with Gasteiger partial charge in [0.25, 0.3) is 5.91 Å². The highest BCUT2D eigenvalue weighted by molar-refractivity contribution is 6.00. The predicted octanol–water partition coefficient (Wildman–Crippen LogP) is 4.12. The Hall–Kier alpha value is -3.85. The zero-order valence-corrected chi connectivity index (χ0v) is 24.3. The van der Waals surface area contributed by atoms with Gasteiger partial charge in [-0.15, -0.1) is 0 Å². The monoisotopic (exact) mass is 566 g/mol. The lowest BCUT2D eigenvalue weighted by Gasteiger charge is -2.27. The molecule has 4 heterocycles. The number of ether oxygens (including phenoxy) is 1. The molecule has 4 unspecified atom stereocenters. The van der Waals surface area contributed by atoms with Gasteiger partial charge in [0.1, 0.15) is 11.3 Å². The number of carbonyl (C=O) groups is 2. The molecule has 2 aromatic carbocycles. The van der Waals surface area contributed by atoms with Crippen molar-refractivity contribution in [2.75, 3.05) is 27.2 Å². The summed E-state index contributed by atoms with van der Waals surface area (Å²) in [6.45, 7) is 3.02. The van der Waals surface area contributed by atoms with Crippen LogP contribution in [0.4, 0.5) is 0 Å². The number of rotatable bonds is 7. The number of aromatic nitrogens is 3. The summed E-state index contributed by atoms with van der Waals surface area (Å²) in [5.41, 5.74) is 10.9. The maximum atomic E-state index is 13.8. The summed E-state index contributed by atoms with van der Waals surface area (Å²) in [6, 6.07) is 14.7. The normalized spacial score (nSPS) is 25.5. The molecule has 4 atom stereocenters. The Morgan fingerprint density at radius 1 is 1.02 bits per heavy atom. The molecule has 4 aromatic rings. The molecule has 2 amide bonds. The lowest BCUT2D eigenvalue weighted by Crippen LogP contribution is -2.41. The number of fused-ring (bicyclic) bond motifs is 4. The van der Waals surface area contributed by atoms with Gasteiger partial charge >= 0.3 is 0 Å². The molecule has 2 saturated carbocycles. The third-order valence-electron chi connectivity index (χ3n) is 10.2.